The number of nitrogens with zero attached hydrogens (tertiary/aromatic N) is 1. The number of carbonyl (C=O) groups is 2. The predicted octanol–water partition coefficient (Wildman–Crippen LogP) is 1.63. The average molecular weight is 307 g/mol. The van der Waals surface area contributed by atoms with E-state index in [1.165, 1.54) is 19.2 Å². The molecule has 0 fully saturated rings. The SMILES string of the molecule is CCOC(=O)C1Cc2ccc([N+](=O)[O-])cc2C1C(=O)COC. The van der Waals surface area contributed by atoms with Gasteiger partial charge in [0.25, 0.3) is 5.69 Å². The number of ketones is 1. The molecule has 1 aliphatic rings. The number of hydrogen-bond donors (Lipinski definition) is 0. The number of ether oxygens (including phenoxy) is 2. The Morgan fingerprint density at radius 2 is 2.14 bits per heavy atom. The van der Waals surface area contributed by atoms with Crippen LogP contribution in [0.15, 0.2) is 18.2 Å². The summed E-state index contributed by atoms with van der Waals surface area (Å²) in [6.45, 7) is 1.76. The number of hydrogen-bond acceptors (Lipinski definition) is 6. The fraction of sp³-hybridized carbons (Fsp3) is 0.467. The number of nitro benzene ring substituents is 1. The Morgan fingerprint density at radius 1 is 1.41 bits per heavy atom. The highest BCUT2D eigenvalue weighted by atomic mass is 16.6. The van der Waals surface area contributed by atoms with E-state index in [0.717, 1.165) is 5.56 Å². The molecule has 0 radical (unpaired) electrons. The van der Waals surface area contributed by atoms with E-state index < -0.39 is 22.7 Å². The van der Waals surface area contributed by atoms with Gasteiger partial charge in [0.2, 0.25) is 0 Å². The van der Waals surface area contributed by atoms with Crippen LogP contribution >= 0.6 is 0 Å². The van der Waals surface area contributed by atoms with Crippen LogP contribution in [0.2, 0.25) is 0 Å². The smallest absolute Gasteiger partial charge is 0.310 e. The summed E-state index contributed by atoms with van der Waals surface area (Å²) in [5.41, 5.74) is 1.19. The third-order valence-corrected chi connectivity index (χ3v) is 3.74. The molecule has 1 aromatic rings. The molecular weight excluding hydrogens is 290 g/mol. The van der Waals surface area contributed by atoms with Crippen LogP contribution in [0, 0.1) is 16.0 Å². The largest absolute Gasteiger partial charge is 0.466 e. The van der Waals surface area contributed by atoms with Crippen molar-refractivity contribution < 1.29 is 24.0 Å². The Morgan fingerprint density at radius 3 is 2.73 bits per heavy atom. The number of Topliss-reactive ketones (excluding diaryl/α,β-unsaturated/α-hetero) is 1. The minimum atomic E-state index is -0.756. The summed E-state index contributed by atoms with van der Waals surface area (Å²) in [7, 11) is 1.39. The van der Waals surface area contributed by atoms with Crippen LogP contribution in [0.4, 0.5) is 5.69 Å². The van der Waals surface area contributed by atoms with Crippen LogP contribution in [0.1, 0.15) is 24.0 Å². The van der Waals surface area contributed by atoms with Gasteiger partial charge in [0, 0.05) is 19.2 Å². The van der Waals surface area contributed by atoms with Gasteiger partial charge in [0.05, 0.1) is 23.4 Å². The molecule has 0 amide bonds. The van der Waals surface area contributed by atoms with Gasteiger partial charge in [-0.2, -0.15) is 0 Å². The first-order valence-corrected chi connectivity index (χ1v) is 6.95. The van der Waals surface area contributed by atoms with E-state index in [9.17, 15) is 19.7 Å². The summed E-state index contributed by atoms with van der Waals surface area (Å²) in [5, 5.41) is 10.9. The summed E-state index contributed by atoms with van der Waals surface area (Å²) < 4.78 is 9.89. The van der Waals surface area contributed by atoms with Crippen molar-refractivity contribution in [3.8, 4) is 0 Å². The molecule has 1 aromatic carbocycles. The zero-order valence-electron chi connectivity index (χ0n) is 12.4. The van der Waals surface area contributed by atoms with Gasteiger partial charge in [-0.25, -0.2) is 0 Å². The maximum absolute atomic E-state index is 12.3. The molecule has 7 heteroatoms. The van der Waals surface area contributed by atoms with Crippen molar-refractivity contribution in [1.82, 2.24) is 0 Å². The van der Waals surface area contributed by atoms with E-state index >= 15 is 0 Å². The van der Waals surface area contributed by atoms with Gasteiger partial charge in [-0.05, 0) is 24.5 Å². The highest BCUT2D eigenvalue weighted by molar-refractivity contribution is 5.94. The minimum Gasteiger partial charge on any atom is -0.466 e. The molecule has 0 heterocycles. The predicted molar refractivity (Wildman–Crippen MR) is 76.5 cm³/mol. The number of rotatable bonds is 6. The lowest BCUT2D eigenvalue weighted by molar-refractivity contribution is -0.384. The Hall–Kier alpha value is -2.28. The molecule has 0 saturated carbocycles. The summed E-state index contributed by atoms with van der Waals surface area (Å²) in [6, 6.07) is 4.34. The van der Waals surface area contributed by atoms with Gasteiger partial charge in [-0.3, -0.25) is 19.7 Å². The number of nitro groups is 1. The first-order valence-electron chi connectivity index (χ1n) is 6.95. The van der Waals surface area contributed by atoms with Crippen LogP contribution in [-0.4, -0.2) is 37.0 Å². The van der Waals surface area contributed by atoms with E-state index in [2.05, 4.69) is 0 Å². The van der Waals surface area contributed by atoms with Gasteiger partial charge < -0.3 is 9.47 Å². The van der Waals surface area contributed by atoms with Gasteiger partial charge in [0.1, 0.15) is 6.61 Å². The second-order valence-corrected chi connectivity index (χ2v) is 5.08. The van der Waals surface area contributed by atoms with Crippen molar-refractivity contribution in [1.29, 1.82) is 0 Å². The number of fused-ring (bicyclic) bond motifs is 1. The third-order valence-electron chi connectivity index (χ3n) is 3.74. The molecule has 0 N–H and O–H groups in total. The van der Waals surface area contributed by atoms with E-state index in [0.29, 0.717) is 12.0 Å². The maximum atomic E-state index is 12.3. The second-order valence-electron chi connectivity index (χ2n) is 5.08. The Kier molecular flexibility index (Phi) is 4.87. The number of benzene rings is 1. The molecule has 0 bridgehead atoms. The van der Waals surface area contributed by atoms with E-state index in [1.54, 1.807) is 13.0 Å². The van der Waals surface area contributed by atoms with Crippen LogP contribution in [-0.2, 0) is 25.5 Å². The normalized spacial score (nSPS) is 19.5. The van der Waals surface area contributed by atoms with E-state index in [4.69, 9.17) is 9.47 Å². The van der Waals surface area contributed by atoms with Crippen molar-refractivity contribution in [2.45, 2.75) is 19.3 Å². The molecular formula is C15H17NO6. The summed E-state index contributed by atoms with van der Waals surface area (Å²) in [5.74, 6) is -2.15. The minimum absolute atomic E-state index is 0.0986. The number of carbonyl (C=O) groups excluding carboxylic acids is 2. The first-order chi connectivity index (χ1) is 10.5. The average Bonchev–Trinajstić information content (AvgIpc) is 2.86. The molecule has 2 atom stereocenters. The van der Waals surface area contributed by atoms with E-state index in [1.807, 2.05) is 0 Å². The first kappa shape index (κ1) is 16.1. The van der Waals surface area contributed by atoms with Gasteiger partial charge >= 0.3 is 5.97 Å². The quantitative estimate of drug-likeness (QED) is 0.450. The lowest BCUT2D eigenvalue weighted by Crippen LogP contribution is -2.29. The summed E-state index contributed by atoms with van der Waals surface area (Å²) >= 11 is 0. The highest BCUT2D eigenvalue weighted by Crippen LogP contribution is 2.41. The van der Waals surface area contributed by atoms with Crippen molar-refractivity contribution in [3.63, 3.8) is 0 Å². The van der Waals surface area contributed by atoms with Gasteiger partial charge in [-0.1, -0.05) is 6.07 Å². The number of methoxy groups -OCH3 is 1. The lowest BCUT2D eigenvalue weighted by atomic mass is 9.88. The zero-order valence-corrected chi connectivity index (χ0v) is 12.4. The topological polar surface area (TPSA) is 95.7 Å². The Balaban J connectivity index is 2.42. The van der Waals surface area contributed by atoms with Crippen molar-refractivity contribution >= 4 is 17.4 Å². The Labute approximate surface area is 127 Å². The van der Waals surface area contributed by atoms with Crippen molar-refractivity contribution in [2.24, 2.45) is 5.92 Å². The number of esters is 1. The van der Waals surface area contributed by atoms with Crippen LogP contribution < -0.4 is 0 Å². The van der Waals surface area contributed by atoms with Crippen molar-refractivity contribution in [2.75, 3.05) is 20.3 Å². The van der Waals surface area contributed by atoms with Crippen LogP contribution in [0.5, 0.6) is 0 Å². The lowest BCUT2D eigenvalue weighted by Gasteiger charge is -2.17. The third kappa shape index (κ3) is 2.99. The molecule has 1 aliphatic carbocycles. The van der Waals surface area contributed by atoms with Gasteiger partial charge in [-0.15, -0.1) is 0 Å². The van der Waals surface area contributed by atoms with Crippen LogP contribution in [0.3, 0.4) is 0 Å². The molecule has 2 unspecified atom stereocenters. The summed E-state index contributed by atoms with van der Waals surface area (Å²) in [6.07, 6.45) is 0.340. The fourth-order valence-electron chi connectivity index (χ4n) is 2.84. The molecule has 7 nitrogen and oxygen atoms in total. The van der Waals surface area contributed by atoms with Gasteiger partial charge in [0.15, 0.2) is 5.78 Å². The molecule has 0 spiro atoms. The Bertz CT molecular complexity index is 612. The fourth-order valence-corrected chi connectivity index (χ4v) is 2.84. The molecule has 118 valence electrons. The zero-order chi connectivity index (χ0) is 16.3. The van der Waals surface area contributed by atoms with E-state index in [-0.39, 0.29) is 24.7 Å². The van der Waals surface area contributed by atoms with Crippen molar-refractivity contribution in [3.05, 3.63) is 39.4 Å². The highest BCUT2D eigenvalue weighted by Gasteiger charge is 2.42. The maximum Gasteiger partial charge on any atom is 0.310 e. The molecule has 0 aromatic heterocycles. The molecule has 0 aliphatic heterocycles. The molecule has 22 heavy (non-hydrogen) atoms. The number of non-ortho nitro benzene ring substituents is 1. The molecule has 2 rings (SSSR count). The summed E-state index contributed by atoms with van der Waals surface area (Å²) in [4.78, 5) is 34.8. The molecule has 0 saturated heterocycles. The standard InChI is InChI=1S/C15H17NO6/c1-3-22-15(18)12-6-9-4-5-10(16(19)20)7-11(9)14(12)13(17)8-21-2/h4-5,7,12,14H,3,6,8H2,1-2H3. The second kappa shape index (κ2) is 6.65. The van der Waals surface area contributed by atoms with Crippen LogP contribution in [0.25, 0.3) is 0 Å². The monoisotopic (exact) mass is 307 g/mol.